The third-order valence-electron chi connectivity index (χ3n) is 5.30. The monoisotopic (exact) mass is 396 g/mol. The zero-order valence-electron chi connectivity index (χ0n) is 16.4. The largest absolute Gasteiger partial charge is 0.482 e. The number of para-hydroxylation sites is 2. The second-order valence-electron chi connectivity index (χ2n) is 7.30. The number of carbonyl (C=O) groups is 2. The fourth-order valence-electron chi connectivity index (χ4n) is 3.69. The van der Waals surface area contributed by atoms with Crippen molar-refractivity contribution in [1.29, 1.82) is 0 Å². The van der Waals surface area contributed by atoms with E-state index >= 15 is 0 Å². The Bertz CT molecular complexity index is 880. The number of nitrogens with zero attached hydrogens (tertiary/aromatic N) is 1. The minimum absolute atomic E-state index is 0.0288. The third kappa shape index (κ3) is 4.75. The van der Waals surface area contributed by atoms with Gasteiger partial charge in [-0.05, 0) is 29.8 Å². The lowest BCUT2D eigenvalue weighted by atomic mass is 10.1. The van der Waals surface area contributed by atoms with Crippen molar-refractivity contribution in [3.63, 3.8) is 0 Å². The second-order valence-corrected chi connectivity index (χ2v) is 7.30. The number of anilines is 1. The number of ether oxygens (including phenoxy) is 2. The highest BCUT2D eigenvalue weighted by Crippen LogP contribution is 2.32. The van der Waals surface area contributed by atoms with Gasteiger partial charge in [-0.3, -0.25) is 9.59 Å². The molecule has 7 nitrogen and oxygen atoms in total. The van der Waals surface area contributed by atoms with Crippen LogP contribution in [-0.2, 0) is 16.1 Å². The first-order valence-electron chi connectivity index (χ1n) is 10.0. The molecule has 0 aliphatic carbocycles. The van der Waals surface area contributed by atoms with Crippen LogP contribution in [-0.4, -0.2) is 57.8 Å². The van der Waals surface area contributed by atoms with E-state index in [0.29, 0.717) is 24.4 Å². The van der Waals surface area contributed by atoms with Gasteiger partial charge in [-0.1, -0.05) is 24.3 Å². The van der Waals surface area contributed by atoms with Crippen molar-refractivity contribution >= 4 is 17.5 Å². The Balaban J connectivity index is 1.38. The second kappa shape index (κ2) is 9.07. The highest BCUT2D eigenvalue weighted by molar-refractivity contribution is 5.98. The van der Waals surface area contributed by atoms with Gasteiger partial charge in [-0.2, -0.15) is 0 Å². The quantitative estimate of drug-likeness (QED) is 0.735. The number of hydrogen-bond acceptors (Lipinski definition) is 4. The summed E-state index contributed by atoms with van der Waals surface area (Å²) in [5.74, 6) is 0.520. The van der Waals surface area contributed by atoms with E-state index in [-0.39, 0.29) is 18.4 Å². The summed E-state index contributed by atoms with van der Waals surface area (Å²) in [7, 11) is 0. The maximum absolute atomic E-state index is 12.5. The highest BCUT2D eigenvalue weighted by Gasteiger charge is 2.25. The number of carbonyl (C=O) groups excluding carboxylic acids is 2. The minimum Gasteiger partial charge on any atom is -0.482 e. The number of benzene rings is 2. The highest BCUT2D eigenvalue weighted by atomic mass is 16.5. The fraction of sp³-hybridized carbons (Fsp3) is 0.364. The predicted octanol–water partition coefficient (Wildman–Crippen LogP) is 0.257. The van der Waals surface area contributed by atoms with Crippen LogP contribution in [0.1, 0.15) is 15.9 Å². The number of amides is 2. The van der Waals surface area contributed by atoms with E-state index < -0.39 is 0 Å². The van der Waals surface area contributed by atoms with Gasteiger partial charge in [-0.15, -0.1) is 0 Å². The van der Waals surface area contributed by atoms with Crippen molar-refractivity contribution in [2.75, 3.05) is 50.9 Å². The Morgan fingerprint density at radius 3 is 2.79 bits per heavy atom. The normalized spacial score (nSPS) is 16.8. The summed E-state index contributed by atoms with van der Waals surface area (Å²) in [4.78, 5) is 28.1. The smallest absolute Gasteiger partial charge is 0.265 e. The zero-order valence-corrected chi connectivity index (χ0v) is 16.4. The molecule has 1 fully saturated rings. The van der Waals surface area contributed by atoms with Gasteiger partial charge in [0.05, 0.1) is 38.5 Å². The van der Waals surface area contributed by atoms with Crippen LogP contribution in [0, 0.1) is 0 Å². The number of hydrogen-bond donors (Lipinski definition) is 2. The van der Waals surface area contributed by atoms with Crippen molar-refractivity contribution in [3.8, 4) is 5.75 Å². The van der Waals surface area contributed by atoms with E-state index in [1.807, 2.05) is 42.5 Å². The molecule has 2 aliphatic heterocycles. The number of nitrogens with one attached hydrogen (secondary N) is 2. The van der Waals surface area contributed by atoms with Crippen molar-refractivity contribution < 1.29 is 24.0 Å². The molecule has 2 heterocycles. The summed E-state index contributed by atoms with van der Waals surface area (Å²) in [6.45, 7) is 5.51. The molecule has 4 rings (SSSR count). The van der Waals surface area contributed by atoms with Gasteiger partial charge in [0.15, 0.2) is 6.61 Å². The van der Waals surface area contributed by atoms with Gasteiger partial charge >= 0.3 is 0 Å². The molecule has 0 bridgehead atoms. The molecular formula is C22H26N3O4+. The molecule has 2 aromatic carbocycles. The minimum atomic E-state index is -0.0907. The summed E-state index contributed by atoms with van der Waals surface area (Å²) in [6.07, 6.45) is 0. The number of quaternary nitrogens is 1. The van der Waals surface area contributed by atoms with Crippen molar-refractivity contribution in [1.82, 2.24) is 5.32 Å². The topological polar surface area (TPSA) is 72.3 Å². The average Bonchev–Trinajstić information content (AvgIpc) is 2.77. The van der Waals surface area contributed by atoms with Crippen LogP contribution in [0.25, 0.3) is 0 Å². The Kier molecular flexibility index (Phi) is 6.07. The molecule has 152 valence electrons. The molecule has 29 heavy (non-hydrogen) atoms. The molecule has 2 aromatic rings. The van der Waals surface area contributed by atoms with E-state index in [9.17, 15) is 9.59 Å². The molecular weight excluding hydrogens is 370 g/mol. The number of rotatable bonds is 6. The molecule has 0 radical (unpaired) electrons. The van der Waals surface area contributed by atoms with Crippen molar-refractivity contribution in [3.05, 3.63) is 59.7 Å². The molecule has 0 atom stereocenters. The average molecular weight is 396 g/mol. The van der Waals surface area contributed by atoms with Gasteiger partial charge in [0.1, 0.15) is 18.8 Å². The van der Waals surface area contributed by atoms with E-state index in [4.69, 9.17) is 9.47 Å². The predicted molar refractivity (Wildman–Crippen MR) is 108 cm³/mol. The van der Waals surface area contributed by atoms with Crippen LogP contribution in [0.2, 0.25) is 0 Å². The van der Waals surface area contributed by atoms with Crippen molar-refractivity contribution in [2.45, 2.75) is 6.54 Å². The lowest BCUT2D eigenvalue weighted by Crippen LogP contribution is -3.14. The summed E-state index contributed by atoms with van der Waals surface area (Å²) in [5.41, 5.74) is 2.27. The molecule has 1 saturated heterocycles. The summed E-state index contributed by atoms with van der Waals surface area (Å²) >= 11 is 0. The molecule has 7 heteroatoms. The van der Waals surface area contributed by atoms with E-state index in [1.54, 1.807) is 11.0 Å². The Morgan fingerprint density at radius 2 is 1.93 bits per heavy atom. The van der Waals surface area contributed by atoms with E-state index in [1.165, 1.54) is 4.90 Å². The summed E-state index contributed by atoms with van der Waals surface area (Å²) in [5, 5.41) is 3.00. The van der Waals surface area contributed by atoms with Crippen LogP contribution in [0.4, 0.5) is 5.69 Å². The molecule has 2 aliphatic rings. The van der Waals surface area contributed by atoms with Crippen LogP contribution < -0.4 is 19.9 Å². The fourth-order valence-corrected chi connectivity index (χ4v) is 3.69. The zero-order chi connectivity index (χ0) is 20.1. The Labute approximate surface area is 170 Å². The lowest BCUT2D eigenvalue weighted by molar-refractivity contribution is -0.906. The molecule has 0 saturated carbocycles. The van der Waals surface area contributed by atoms with Gasteiger partial charge in [0.2, 0.25) is 0 Å². The first-order valence-corrected chi connectivity index (χ1v) is 10.0. The summed E-state index contributed by atoms with van der Waals surface area (Å²) in [6, 6.07) is 14.9. The van der Waals surface area contributed by atoms with Gasteiger partial charge in [-0.25, -0.2) is 0 Å². The first-order chi connectivity index (χ1) is 14.2. The first kappa shape index (κ1) is 19.4. The SMILES string of the molecule is O=C(NCC[NH+]1CCOCC1)c1cccc(CN2C(=O)COc3ccccc32)c1. The van der Waals surface area contributed by atoms with Crippen LogP contribution in [0.3, 0.4) is 0 Å². The number of fused-ring (bicyclic) bond motifs is 1. The van der Waals surface area contributed by atoms with Crippen LogP contribution >= 0.6 is 0 Å². The maximum atomic E-state index is 12.5. The third-order valence-corrected chi connectivity index (χ3v) is 5.30. The lowest BCUT2D eigenvalue weighted by Gasteiger charge is -2.29. The molecule has 0 aromatic heterocycles. The van der Waals surface area contributed by atoms with Gasteiger partial charge in [0, 0.05) is 5.56 Å². The van der Waals surface area contributed by atoms with Gasteiger partial charge in [0.25, 0.3) is 11.8 Å². The number of morpholine rings is 1. The van der Waals surface area contributed by atoms with E-state index in [2.05, 4.69) is 5.32 Å². The van der Waals surface area contributed by atoms with Crippen molar-refractivity contribution in [2.24, 2.45) is 0 Å². The van der Waals surface area contributed by atoms with Crippen LogP contribution in [0.15, 0.2) is 48.5 Å². The molecule has 0 spiro atoms. The molecule has 0 unspecified atom stereocenters. The van der Waals surface area contributed by atoms with E-state index in [0.717, 1.165) is 44.1 Å². The Hall–Kier alpha value is -2.90. The van der Waals surface area contributed by atoms with Gasteiger partial charge < -0.3 is 24.6 Å². The summed E-state index contributed by atoms with van der Waals surface area (Å²) < 4.78 is 10.9. The Morgan fingerprint density at radius 1 is 1.10 bits per heavy atom. The standard InChI is InChI=1S/C22H25N3O4/c26-21-16-29-20-7-2-1-6-19(20)25(21)15-17-4-3-5-18(14-17)22(27)23-8-9-24-10-12-28-13-11-24/h1-7,14H,8-13,15-16H2,(H,23,27)/p+1. The maximum Gasteiger partial charge on any atom is 0.265 e. The molecule has 2 amide bonds. The van der Waals surface area contributed by atoms with Crippen LogP contribution in [0.5, 0.6) is 5.75 Å². The molecule has 2 N–H and O–H groups in total.